The van der Waals surface area contributed by atoms with Crippen molar-refractivity contribution in [2.24, 2.45) is 5.73 Å². The Labute approximate surface area is 127 Å². The zero-order valence-corrected chi connectivity index (χ0v) is 11.8. The van der Waals surface area contributed by atoms with E-state index in [1.165, 1.54) is 12.3 Å². The highest BCUT2D eigenvalue weighted by Gasteiger charge is 2.06. The Kier molecular flexibility index (Phi) is 5.29. The van der Waals surface area contributed by atoms with Crippen LogP contribution in [0, 0.1) is 0 Å². The van der Waals surface area contributed by atoms with Crippen molar-refractivity contribution in [3.63, 3.8) is 0 Å². The molecule has 0 saturated carbocycles. The number of anilines is 1. The monoisotopic (exact) mass is 303 g/mol. The van der Waals surface area contributed by atoms with Gasteiger partial charge in [-0.1, -0.05) is 6.07 Å². The second kappa shape index (κ2) is 7.39. The Hall–Kier alpha value is -2.64. The first-order chi connectivity index (χ1) is 10.6. The first kappa shape index (κ1) is 15.7. The van der Waals surface area contributed by atoms with Crippen molar-refractivity contribution in [1.29, 1.82) is 0 Å². The molecular weight excluding hydrogens is 286 g/mol. The lowest BCUT2D eigenvalue weighted by Crippen LogP contribution is -2.22. The molecule has 7 heteroatoms. The second-order valence-electron chi connectivity index (χ2n) is 4.59. The number of nitrogens with zero attached hydrogens (tertiary/aromatic N) is 1. The van der Waals surface area contributed by atoms with Crippen LogP contribution in [0.4, 0.5) is 5.69 Å². The molecular formula is C15H17N3O4. The maximum Gasteiger partial charge on any atom is 0.267 e. The van der Waals surface area contributed by atoms with Crippen LogP contribution < -0.4 is 15.8 Å². The van der Waals surface area contributed by atoms with Crippen molar-refractivity contribution in [2.75, 3.05) is 18.5 Å². The Morgan fingerprint density at radius 1 is 1.32 bits per heavy atom. The fourth-order valence-electron chi connectivity index (χ4n) is 1.72. The molecule has 0 fully saturated rings. The molecule has 0 bridgehead atoms. The zero-order valence-electron chi connectivity index (χ0n) is 11.8. The van der Waals surface area contributed by atoms with Gasteiger partial charge in [-0.05, 0) is 18.2 Å². The predicted molar refractivity (Wildman–Crippen MR) is 80.9 cm³/mol. The summed E-state index contributed by atoms with van der Waals surface area (Å²) in [6, 6.07) is 10.1. The minimum Gasteiger partial charge on any atom is -0.457 e. The van der Waals surface area contributed by atoms with Gasteiger partial charge >= 0.3 is 0 Å². The summed E-state index contributed by atoms with van der Waals surface area (Å²) < 4.78 is 5.64. The van der Waals surface area contributed by atoms with Crippen molar-refractivity contribution in [2.45, 2.75) is 6.10 Å². The van der Waals surface area contributed by atoms with Crippen LogP contribution in [0.3, 0.4) is 0 Å². The highest BCUT2D eigenvalue weighted by Crippen LogP contribution is 2.24. The lowest BCUT2D eigenvalue weighted by Gasteiger charge is -2.12. The molecule has 1 unspecified atom stereocenters. The quantitative estimate of drug-likeness (QED) is 0.599. The number of carbonyl (C=O) groups is 1. The number of carbonyl (C=O) groups excluding carboxylic acids is 1. The standard InChI is InChI=1S/C15H17N3O4/c16-15(21)14-7-13(4-5-17-14)22-12-3-1-2-10(6-12)18-8-11(20)9-19/h1-7,11,18-20H,8-9H2,(H2,16,21). The van der Waals surface area contributed by atoms with Gasteiger partial charge in [-0.25, -0.2) is 0 Å². The van der Waals surface area contributed by atoms with E-state index >= 15 is 0 Å². The van der Waals surface area contributed by atoms with Gasteiger partial charge in [0, 0.05) is 30.6 Å². The number of ether oxygens (including phenoxy) is 1. The molecule has 2 aromatic rings. The number of aliphatic hydroxyl groups is 2. The van der Waals surface area contributed by atoms with Gasteiger partial charge in [-0.2, -0.15) is 0 Å². The maximum absolute atomic E-state index is 11.1. The van der Waals surface area contributed by atoms with Crippen molar-refractivity contribution in [1.82, 2.24) is 4.98 Å². The maximum atomic E-state index is 11.1. The topological polar surface area (TPSA) is 118 Å². The van der Waals surface area contributed by atoms with Gasteiger partial charge in [-0.15, -0.1) is 0 Å². The minimum absolute atomic E-state index is 0.123. The molecule has 116 valence electrons. The predicted octanol–water partition coefficient (Wildman–Crippen LogP) is 0.738. The number of nitrogens with one attached hydrogen (secondary N) is 1. The highest BCUT2D eigenvalue weighted by atomic mass is 16.5. The van der Waals surface area contributed by atoms with Crippen molar-refractivity contribution < 1.29 is 19.7 Å². The van der Waals surface area contributed by atoms with E-state index in [0.717, 1.165) is 5.69 Å². The smallest absolute Gasteiger partial charge is 0.267 e. The van der Waals surface area contributed by atoms with Crippen LogP contribution in [-0.4, -0.2) is 40.4 Å². The molecule has 1 aromatic heterocycles. The Morgan fingerprint density at radius 2 is 2.09 bits per heavy atom. The summed E-state index contributed by atoms with van der Waals surface area (Å²) in [6.45, 7) is -0.0862. The molecule has 0 radical (unpaired) electrons. The first-order valence-electron chi connectivity index (χ1n) is 6.65. The second-order valence-corrected chi connectivity index (χ2v) is 4.59. The molecule has 5 N–H and O–H groups in total. The van der Waals surface area contributed by atoms with Crippen molar-refractivity contribution in [3.05, 3.63) is 48.3 Å². The lowest BCUT2D eigenvalue weighted by molar-refractivity contribution is 0.0995. The van der Waals surface area contributed by atoms with Gasteiger partial charge in [0.2, 0.25) is 0 Å². The van der Waals surface area contributed by atoms with E-state index in [1.807, 2.05) is 0 Å². The van der Waals surface area contributed by atoms with Crippen molar-refractivity contribution >= 4 is 11.6 Å². The first-order valence-corrected chi connectivity index (χ1v) is 6.65. The number of rotatable bonds is 7. The fourth-order valence-corrected chi connectivity index (χ4v) is 1.72. The van der Waals surface area contributed by atoms with Gasteiger partial charge in [0.15, 0.2) is 0 Å². The molecule has 22 heavy (non-hydrogen) atoms. The van der Waals surface area contributed by atoms with Gasteiger partial charge in [0.1, 0.15) is 17.2 Å². The molecule has 2 rings (SSSR count). The largest absolute Gasteiger partial charge is 0.457 e. The third kappa shape index (κ3) is 4.44. The van der Waals surface area contributed by atoms with Crippen LogP contribution in [0.1, 0.15) is 10.5 Å². The van der Waals surface area contributed by atoms with Crippen LogP contribution in [0.15, 0.2) is 42.6 Å². The third-order valence-corrected chi connectivity index (χ3v) is 2.81. The van der Waals surface area contributed by atoms with Crippen LogP contribution >= 0.6 is 0 Å². The van der Waals surface area contributed by atoms with Crippen LogP contribution in [0.2, 0.25) is 0 Å². The molecule has 1 amide bonds. The number of amides is 1. The molecule has 0 saturated heterocycles. The molecule has 0 spiro atoms. The molecule has 7 nitrogen and oxygen atoms in total. The summed E-state index contributed by atoms with van der Waals surface area (Å²) in [4.78, 5) is 14.9. The van der Waals surface area contributed by atoms with E-state index in [2.05, 4.69) is 10.3 Å². The number of nitrogens with two attached hydrogens (primary N) is 1. The highest BCUT2D eigenvalue weighted by molar-refractivity contribution is 5.91. The van der Waals surface area contributed by atoms with E-state index in [4.69, 9.17) is 15.6 Å². The average molecular weight is 303 g/mol. The SMILES string of the molecule is NC(=O)c1cc(Oc2cccc(NCC(O)CO)c2)ccn1. The molecule has 1 aromatic carbocycles. The lowest BCUT2D eigenvalue weighted by atomic mass is 10.2. The van der Waals surface area contributed by atoms with E-state index < -0.39 is 12.0 Å². The number of aromatic nitrogens is 1. The number of benzene rings is 1. The summed E-state index contributed by atoms with van der Waals surface area (Å²) in [7, 11) is 0. The van der Waals surface area contributed by atoms with Gasteiger partial charge in [0.05, 0.1) is 12.7 Å². The molecule has 0 aliphatic carbocycles. The van der Waals surface area contributed by atoms with E-state index in [1.54, 1.807) is 30.3 Å². The summed E-state index contributed by atoms with van der Waals surface area (Å²) >= 11 is 0. The van der Waals surface area contributed by atoms with Crippen LogP contribution in [-0.2, 0) is 0 Å². The Bertz CT molecular complexity index is 648. The Balaban J connectivity index is 2.07. The average Bonchev–Trinajstić information content (AvgIpc) is 2.53. The van der Waals surface area contributed by atoms with Crippen LogP contribution in [0.5, 0.6) is 11.5 Å². The zero-order chi connectivity index (χ0) is 15.9. The van der Waals surface area contributed by atoms with E-state index in [9.17, 15) is 9.90 Å². The van der Waals surface area contributed by atoms with Crippen molar-refractivity contribution in [3.8, 4) is 11.5 Å². The number of hydrogen-bond donors (Lipinski definition) is 4. The molecule has 0 aliphatic heterocycles. The van der Waals surface area contributed by atoms with Gasteiger partial charge in [-0.3, -0.25) is 9.78 Å². The number of pyridine rings is 1. The summed E-state index contributed by atoms with van der Waals surface area (Å²) in [5, 5.41) is 21.1. The molecule has 0 aliphatic rings. The number of primary amides is 1. The normalized spacial score (nSPS) is 11.7. The third-order valence-electron chi connectivity index (χ3n) is 2.81. The van der Waals surface area contributed by atoms with E-state index in [-0.39, 0.29) is 18.8 Å². The number of aliphatic hydroxyl groups excluding tert-OH is 2. The minimum atomic E-state index is -0.831. The molecule has 1 atom stereocenters. The molecule has 1 heterocycles. The van der Waals surface area contributed by atoms with Gasteiger partial charge in [0.25, 0.3) is 5.91 Å². The summed E-state index contributed by atoms with van der Waals surface area (Å²) in [6.07, 6.45) is 0.609. The Morgan fingerprint density at radius 3 is 2.82 bits per heavy atom. The van der Waals surface area contributed by atoms with Crippen LogP contribution in [0.25, 0.3) is 0 Å². The van der Waals surface area contributed by atoms with E-state index in [0.29, 0.717) is 11.5 Å². The van der Waals surface area contributed by atoms with Gasteiger partial charge < -0.3 is 26.0 Å². The summed E-state index contributed by atoms with van der Waals surface area (Å²) in [5.41, 5.74) is 6.02. The fraction of sp³-hybridized carbons (Fsp3) is 0.200. The summed E-state index contributed by atoms with van der Waals surface area (Å²) in [5.74, 6) is 0.361. The number of hydrogen-bond acceptors (Lipinski definition) is 6.